The summed E-state index contributed by atoms with van der Waals surface area (Å²) in [6.07, 6.45) is 3.17. The second-order valence-corrected chi connectivity index (χ2v) is 5.00. The van der Waals surface area contributed by atoms with Gasteiger partial charge in [-0.25, -0.2) is 14.6 Å². The number of halogens is 1. The summed E-state index contributed by atoms with van der Waals surface area (Å²) < 4.78 is 6.35. The molecule has 0 saturated heterocycles. The number of nitrogens with zero attached hydrogens (tertiary/aromatic N) is 5. The molecule has 0 aliphatic carbocycles. The molecular weight excluding hydrogens is 320 g/mol. The molecule has 3 aromatic heterocycles. The van der Waals surface area contributed by atoms with Crippen LogP contribution in [0.25, 0.3) is 22.3 Å². The van der Waals surface area contributed by atoms with E-state index in [9.17, 15) is 4.79 Å². The van der Waals surface area contributed by atoms with Gasteiger partial charge in [-0.15, -0.1) is 0 Å². The number of nitrogen functional groups attached to an aromatic ring is 1. The summed E-state index contributed by atoms with van der Waals surface area (Å²) in [4.78, 5) is 24.1. The van der Waals surface area contributed by atoms with Crippen LogP contribution in [0.1, 0.15) is 6.92 Å². The molecule has 3 heterocycles. The number of fused-ring (bicyclic) bond motifs is 1. The Labute approximate surface area is 136 Å². The maximum absolute atomic E-state index is 11.6. The lowest BCUT2D eigenvalue weighted by Crippen LogP contribution is -2.14. The molecule has 0 aromatic carbocycles. The molecule has 0 amide bonds. The van der Waals surface area contributed by atoms with Crippen molar-refractivity contribution in [1.29, 1.82) is 0 Å². The van der Waals surface area contributed by atoms with Gasteiger partial charge in [0.15, 0.2) is 5.65 Å². The first-order valence-electron chi connectivity index (χ1n) is 6.85. The molecule has 0 unspecified atom stereocenters. The standard InChI is InChI=1S/C14H13ClN6O2/c1-2-23-11(22)7-21-13-9(6-18-21)12(19-14(15)20-13)8-3-4-10(16)17-5-8/h3-6H,2,7H2,1H3,(H2,16,17). The summed E-state index contributed by atoms with van der Waals surface area (Å²) >= 11 is 6.01. The first-order valence-corrected chi connectivity index (χ1v) is 7.23. The Bertz CT molecular complexity index is 862. The largest absolute Gasteiger partial charge is 0.465 e. The van der Waals surface area contributed by atoms with Gasteiger partial charge < -0.3 is 10.5 Å². The third-order valence-electron chi connectivity index (χ3n) is 3.11. The number of hydrogen-bond donors (Lipinski definition) is 1. The maximum atomic E-state index is 11.6. The van der Waals surface area contributed by atoms with E-state index in [0.29, 0.717) is 29.2 Å². The Morgan fingerprint density at radius 3 is 2.87 bits per heavy atom. The molecule has 118 valence electrons. The highest BCUT2D eigenvalue weighted by atomic mass is 35.5. The number of pyridine rings is 1. The number of hydrogen-bond acceptors (Lipinski definition) is 7. The zero-order chi connectivity index (χ0) is 16.4. The van der Waals surface area contributed by atoms with E-state index in [1.807, 2.05) is 0 Å². The van der Waals surface area contributed by atoms with E-state index in [1.165, 1.54) is 4.68 Å². The Balaban J connectivity index is 2.08. The highest BCUT2D eigenvalue weighted by Gasteiger charge is 2.16. The summed E-state index contributed by atoms with van der Waals surface area (Å²) in [7, 11) is 0. The quantitative estimate of drug-likeness (QED) is 0.572. The summed E-state index contributed by atoms with van der Waals surface area (Å²) in [6, 6.07) is 3.45. The molecule has 9 heteroatoms. The fraction of sp³-hybridized carbons (Fsp3) is 0.214. The molecule has 8 nitrogen and oxygen atoms in total. The SMILES string of the molecule is CCOC(=O)Cn1ncc2c(-c3ccc(N)nc3)nc(Cl)nc21. The van der Waals surface area contributed by atoms with Gasteiger partial charge in [0.2, 0.25) is 5.28 Å². The van der Waals surface area contributed by atoms with E-state index >= 15 is 0 Å². The Hall–Kier alpha value is -2.74. The fourth-order valence-electron chi connectivity index (χ4n) is 2.14. The predicted molar refractivity (Wildman–Crippen MR) is 84.6 cm³/mol. The van der Waals surface area contributed by atoms with Crippen LogP contribution < -0.4 is 5.73 Å². The van der Waals surface area contributed by atoms with Crippen LogP contribution in [0, 0.1) is 0 Å². The average Bonchev–Trinajstić information content (AvgIpc) is 2.90. The molecule has 0 spiro atoms. The number of nitrogens with two attached hydrogens (primary N) is 1. The molecule has 23 heavy (non-hydrogen) atoms. The van der Waals surface area contributed by atoms with Gasteiger partial charge in [0.25, 0.3) is 0 Å². The Morgan fingerprint density at radius 2 is 2.17 bits per heavy atom. The first-order chi connectivity index (χ1) is 11.1. The fourth-order valence-corrected chi connectivity index (χ4v) is 2.30. The van der Waals surface area contributed by atoms with Gasteiger partial charge in [-0.1, -0.05) is 0 Å². The topological polar surface area (TPSA) is 109 Å². The van der Waals surface area contributed by atoms with E-state index in [1.54, 1.807) is 31.5 Å². The van der Waals surface area contributed by atoms with Crippen LogP contribution >= 0.6 is 11.6 Å². The Kier molecular flexibility index (Phi) is 4.07. The highest BCUT2D eigenvalue weighted by molar-refractivity contribution is 6.28. The van der Waals surface area contributed by atoms with Crippen molar-refractivity contribution in [3.8, 4) is 11.3 Å². The normalized spacial score (nSPS) is 10.9. The summed E-state index contributed by atoms with van der Waals surface area (Å²) in [6.45, 7) is 1.99. The number of carbonyl (C=O) groups excluding carboxylic acids is 1. The van der Waals surface area contributed by atoms with Crippen LogP contribution in [0.3, 0.4) is 0 Å². The van der Waals surface area contributed by atoms with Crippen molar-refractivity contribution >= 4 is 34.4 Å². The van der Waals surface area contributed by atoms with Gasteiger partial charge in [-0.2, -0.15) is 10.1 Å². The van der Waals surface area contributed by atoms with E-state index in [0.717, 1.165) is 5.56 Å². The molecule has 0 aliphatic heterocycles. The molecule has 3 aromatic rings. The number of rotatable bonds is 4. The van der Waals surface area contributed by atoms with E-state index in [2.05, 4.69) is 20.1 Å². The minimum absolute atomic E-state index is 0.0509. The lowest BCUT2D eigenvalue weighted by Gasteiger charge is -2.05. The van der Waals surface area contributed by atoms with Crippen LogP contribution in [0.5, 0.6) is 0 Å². The zero-order valence-electron chi connectivity index (χ0n) is 12.2. The summed E-state index contributed by atoms with van der Waals surface area (Å²) in [5.74, 6) is 0.00564. The number of ether oxygens (including phenoxy) is 1. The van der Waals surface area contributed by atoms with Crippen molar-refractivity contribution in [2.45, 2.75) is 13.5 Å². The third kappa shape index (κ3) is 3.07. The number of esters is 1. The van der Waals surface area contributed by atoms with E-state index < -0.39 is 5.97 Å². The molecule has 0 saturated carbocycles. The average molecular weight is 333 g/mol. The molecule has 0 atom stereocenters. The van der Waals surface area contributed by atoms with Gasteiger partial charge in [0.05, 0.1) is 23.9 Å². The minimum atomic E-state index is -0.400. The molecular formula is C14H13ClN6O2. The van der Waals surface area contributed by atoms with Gasteiger partial charge in [-0.05, 0) is 30.7 Å². The molecule has 0 bridgehead atoms. The van der Waals surface area contributed by atoms with Crippen LogP contribution in [0.4, 0.5) is 5.82 Å². The third-order valence-corrected chi connectivity index (χ3v) is 3.28. The van der Waals surface area contributed by atoms with E-state index in [-0.39, 0.29) is 11.8 Å². The van der Waals surface area contributed by atoms with Crippen LogP contribution in [0.2, 0.25) is 5.28 Å². The van der Waals surface area contributed by atoms with Crippen LogP contribution in [-0.2, 0) is 16.1 Å². The maximum Gasteiger partial charge on any atom is 0.327 e. The number of aromatic nitrogens is 5. The van der Waals surface area contributed by atoms with Crippen LogP contribution in [-0.4, -0.2) is 37.3 Å². The monoisotopic (exact) mass is 332 g/mol. The molecule has 3 rings (SSSR count). The molecule has 2 N–H and O–H groups in total. The number of anilines is 1. The minimum Gasteiger partial charge on any atom is -0.465 e. The van der Waals surface area contributed by atoms with Crippen LogP contribution in [0.15, 0.2) is 24.5 Å². The van der Waals surface area contributed by atoms with Crippen molar-refractivity contribution in [1.82, 2.24) is 24.7 Å². The van der Waals surface area contributed by atoms with Gasteiger partial charge in [-0.3, -0.25) is 4.79 Å². The summed E-state index contributed by atoms with van der Waals surface area (Å²) in [5.41, 5.74) is 7.34. The number of carbonyl (C=O) groups is 1. The second-order valence-electron chi connectivity index (χ2n) is 4.66. The van der Waals surface area contributed by atoms with Crippen molar-refractivity contribution < 1.29 is 9.53 Å². The Morgan fingerprint density at radius 1 is 1.35 bits per heavy atom. The predicted octanol–water partition coefficient (Wildman–Crippen LogP) is 1.69. The van der Waals surface area contributed by atoms with Crippen molar-refractivity contribution in [3.05, 3.63) is 29.8 Å². The zero-order valence-corrected chi connectivity index (χ0v) is 13.0. The lowest BCUT2D eigenvalue weighted by molar-refractivity contribution is -0.143. The molecule has 0 radical (unpaired) electrons. The van der Waals surface area contributed by atoms with Crippen molar-refractivity contribution in [2.75, 3.05) is 12.3 Å². The van der Waals surface area contributed by atoms with Gasteiger partial charge in [0, 0.05) is 11.8 Å². The lowest BCUT2D eigenvalue weighted by atomic mass is 10.1. The van der Waals surface area contributed by atoms with E-state index in [4.69, 9.17) is 22.1 Å². The van der Waals surface area contributed by atoms with Gasteiger partial charge >= 0.3 is 5.97 Å². The van der Waals surface area contributed by atoms with Crippen molar-refractivity contribution in [3.63, 3.8) is 0 Å². The second kappa shape index (κ2) is 6.17. The van der Waals surface area contributed by atoms with Gasteiger partial charge in [0.1, 0.15) is 12.4 Å². The molecule has 0 fully saturated rings. The highest BCUT2D eigenvalue weighted by Crippen LogP contribution is 2.27. The smallest absolute Gasteiger partial charge is 0.327 e. The first kappa shape index (κ1) is 15.2. The summed E-state index contributed by atoms with van der Waals surface area (Å²) in [5, 5.41) is 4.88. The van der Waals surface area contributed by atoms with Crippen molar-refractivity contribution in [2.24, 2.45) is 0 Å². The molecule has 0 aliphatic rings.